The van der Waals surface area contributed by atoms with Gasteiger partial charge in [-0.05, 0) is 52.5 Å². The Balaban J connectivity index is 1.66. The van der Waals surface area contributed by atoms with Crippen molar-refractivity contribution in [2.24, 2.45) is 5.92 Å². The van der Waals surface area contributed by atoms with Crippen molar-refractivity contribution < 1.29 is 19.1 Å². The van der Waals surface area contributed by atoms with Crippen LogP contribution in [0.15, 0.2) is 35.9 Å². The van der Waals surface area contributed by atoms with Crippen molar-refractivity contribution in [3.8, 4) is 0 Å². The summed E-state index contributed by atoms with van der Waals surface area (Å²) in [4.78, 5) is 29.0. The summed E-state index contributed by atoms with van der Waals surface area (Å²) in [6.07, 6.45) is 5.21. The quantitative estimate of drug-likeness (QED) is 0.571. The van der Waals surface area contributed by atoms with Gasteiger partial charge in [-0.25, -0.2) is 4.79 Å². The third-order valence-corrected chi connectivity index (χ3v) is 6.31. The second kappa shape index (κ2) is 10.5. The molecule has 1 amide bonds. The highest BCUT2D eigenvalue weighted by Gasteiger charge is 2.48. The molecule has 2 fully saturated rings. The Bertz CT molecular complexity index is 807. The van der Waals surface area contributed by atoms with Crippen LogP contribution in [0.4, 0.5) is 4.79 Å². The zero-order valence-electron chi connectivity index (χ0n) is 20.2. The van der Waals surface area contributed by atoms with Gasteiger partial charge >= 0.3 is 12.1 Å². The van der Waals surface area contributed by atoms with Crippen LogP contribution in [0.2, 0.25) is 0 Å². The molecular formula is C26H38N2O4. The standard InChI is InChI=1S/C26H38N2O4/c1-19(17-20-9-7-6-8-10-20)22-18-23(22)28(25(30)32-26(2,3)4)21-11-14-27(15-12-21)16-13-24(29)31-5/h6-10,17,21-23H,11-16,18H2,1-5H3. The summed E-state index contributed by atoms with van der Waals surface area (Å²) in [5, 5.41) is 0. The van der Waals surface area contributed by atoms with Crippen LogP contribution in [0.3, 0.4) is 0 Å². The van der Waals surface area contributed by atoms with E-state index in [0.29, 0.717) is 18.9 Å². The summed E-state index contributed by atoms with van der Waals surface area (Å²) in [6, 6.07) is 10.7. The number of hydrogen-bond acceptors (Lipinski definition) is 5. The summed E-state index contributed by atoms with van der Waals surface area (Å²) in [7, 11) is 1.42. The Labute approximate surface area is 192 Å². The van der Waals surface area contributed by atoms with Crippen LogP contribution in [0.1, 0.15) is 58.9 Å². The number of nitrogens with zero attached hydrogens (tertiary/aromatic N) is 2. The van der Waals surface area contributed by atoms with Crippen molar-refractivity contribution in [1.29, 1.82) is 0 Å². The molecule has 1 aromatic rings. The zero-order valence-corrected chi connectivity index (χ0v) is 20.2. The number of carbonyl (C=O) groups excluding carboxylic acids is 2. The molecule has 1 saturated carbocycles. The normalized spacial score (nSPS) is 22.3. The number of likely N-dealkylation sites (tertiary alicyclic amines) is 1. The first-order chi connectivity index (χ1) is 15.2. The lowest BCUT2D eigenvalue weighted by Crippen LogP contribution is -2.50. The molecule has 0 aromatic heterocycles. The van der Waals surface area contributed by atoms with Crippen molar-refractivity contribution in [2.45, 2.75) is 71.1 Å². The Morgan fingerprint density at radius 1 is 1.16 bits per heavy atom. The monoisotopic (exact) mass is 442 g/mol. The summed E-state index contributed by atoms with van der Waals surface area (Å²) in [6.45, 7) is 10.4. The van der Waals surface area contributed by atoms with Gasteiger partial charge in [-0.15, -0.1) is 0 Å². The summed E-state index contributed by atoms with van der Waals surface area (Å²) >= 11 is 0. The van der Waals surface area contributed by atoms with Crippen molar-refractivity contribution >= 4 is 18.1 Å². The number of rotatable bonds is 7. The van der Waals surface area contributed by atoms with Crippen molar-refractivity contribution in [3.63, 3.8) is 0 Å². The number of esters is 1. The Morgan fingerprint density at radius 2 is 1.81 bits per heavy atom. The molecule has 2 unspecified atom stereocenters. The van der Waals surface area contributed by atoms with E-state index >= 15 is 0 Å². The second-order valence-corrected chi connectivity index (χ2v) is 10.00. The van der Waals surface area contributed by atoms with Crippen molar-refractivity contribution in [1.82, 2.24) is 9.80 Å². The van der Waals surface area contributed by atoms with Gasteiger partial charge in [0.05, 0.1) is 13.5 Å². The molecule has 2 atom stereocenters. The molecule has 2 aliphatic rings. The fourth-order valence-corrected chi connectivity index (χ4v) is 4.54. The minimum Gasteiger partial charge on any atom is -0.469 e. The summed E-state index contributed by atoms with van der Waals surface area (Å²) in [5.41, 5.74) is 1.99. The third kappa shape index (κ3) is 6.83. The van der Waals surface area contributed by atoms with Crippen molar-refractivity contribution in [3.05, 3.63) is 41.5 Å². The van der Waals surface area contributed by atoms with Crippen LogP contribution >= 0.6 is 0 Å². The lowest BCUT2D eigenvalue weighted by atomic mass is 10.0. The fourth-order valence-electron chi connectivity index (χ4n) is 4.54. The number of ether oxygens (including phenoxy) is 2. The number of piperidine rings is 1. The van der Waals surface area contributed by atoms with E-state index in [1.54, 1.807) is 0 Å². The van der Waals surface area contributed by atoms with Gasteiger partial charge in [-0.1, -0.05) is 42.0 Å². The van der Waals surface area contributed by atoms with E-state index in [1.807, 2.05) is 43.9 Å². The molecule has 32 heavy (non-hydrogen) atoms. The minimum atomic E-state index is -0.518. The fraction of sp³-hybridized carbons (Fsp3) is 0.615. The van der Waals surface area contributed by atoms with Gasteiger partial charge in [0.1, 0.15) is 5.60 Å². The third-order valence-electron chi connectivity index (χ3n) is 6.31. The summed E-state index contributed by atoms with van der Waals surface area (Å²) < 4.78 is 10.6. The van der Waals surface area contributed by atoms with E-state index in [0.717, 1.165) is 32.4 Å². The topological polar surface area (TPSA) is 59.1 Å². The first-order valence-electron chi connectivity index (χ1n) is 11.7. The predicted molar refractivity (Wildman–Crippen MR) is 126 cm³/mol. The zero-order chi connectivity index (χ0) is 23.3. The Kier molecular flexibility index (Phi) is 7.99. The van der Waals surface area contributed by atoms with E-state index in [4.69, 9.17) is 9.47 Å². The molecule has 1 saturated heterocycles. The lowest BCUT2D eigenvalue weighted by molar-refractivity contribution is -0.141. The maximum Gasteiger partial charge on any atom is 0.410 e. The maximum absolute atomic E-state index is 13.2. The summed E-state index contributed by atoms with van der Waals surface area (Å²) in [5.74, 6) is 0.198. The average molecular weight is 443 g/mol. The van der Waals surface area contributed by atoms with Gasteiger partial charge in [-0.3, -0.25) is 4.79 Å². The lowest BCUT2D eigenvalue weighted by Gasteiger charge is -2.39. The smallest absolute Gasteiger partial charge is 0.410 e. The average Bonchev–Trinajstić information content (AvgIpc) is 3.53. The number of hydrogen-bond donors (Lipinski definition) is 0. The van der Waals surface area contributed by atoms with E-state index in [2.05, 4.69) is 30.0 Å². The SMILES string of the molecule is COC(=O)CCN1CCC(N(C(=O)OC(C)(C)C)C2CC2C(C)=Cc2ccccc2)CC1. The Hall–Kier alpha value is -2.34. The highest BCUT2D eigenvalue weighted by molar-refractivity contribution is 5.70. The molecule has 0 radical (unpaired) electrons. The van der Waals surface area contributed by atoms with E-state index < -0.39 is 5.60 Å². The van der Waals surface area contributed by atoms with Gasteiger partial charge < -0.3 is 19.3 Å². The molecule has 0 bridgehead atoms. The van der Waals surface area contributed by atoms with E-state index in [1.165, 1.54) is 18.2 Å². The van der Waals surface area contributed by atoms with Crippen LogP contribution in [-0.2, 0) is 14.3 Å². The van der Waals surface area contributed by atoms with E-state index in [9.17, 15) is 9.59 Å². The van der Waals surface area contributed by atoms with Crippen molar-refractivity contribution in [2.75, 3.05) is 26.7 Å². The van der Waals surface area contributed by atoms with Gasteiger partial charge in [-0.2, -0.15) is 0 Å². The first kappa shape index (κ1) is 24.3. The molecule has 1 aromatic carbocycles. The molecular weight excluding hydrogens is 404 g/mol. The number of amides is 1. The Morgan fingerprint density at radius 3 is 2.41 bits per heavy atom. The molecule has 0 spiro atoms. The van der Waals surface area contributed by atoms with Gasteiger partial charge in [0.15, 0.2) is 0 Å². The molecule has 6 heteroatoms. The van der Waals surface area contributed by atoms with Crippen LogP contribution < -0.4 is 0 Å². The molecule has 1 aliphatic heterocycles. The molecule has 3 rings (SSSR count). The first-order valence-corrected chi connectivity index (χ1v) is 11.7. The van der Waals surface area contributed by atoms with Crippen LogP contribution in [0, 0.1) is 5.92 Å². The second-order valence-electron chi connectivity index (χ2n) is 10.00. The number of benzene rings is 1. The van der Waals surface area contributed by atoms with Gasteiger partial charge in [0, 0.05) is 37.6 Å². The predicted octanol–water partition coefficient (Wildman–Crippen LogP) is 4.74. The largest absolute Gasteiger partial charge is 0.469 e. The van der Waals surface area contributed by atoms with E-state index in [-0.39, 0.29) is 24.1 Å². The van der Waals surface area contributed by atoms with Gasteiger partial charge in [0.25, 0.3) is 0 Å². The van der Waals surface area contributed by atoms with Gasteiger partial charge in [0.2, 0.25) is 0 Å². The highest BCUT2D eigenvalue weighted by atomic mass is 16.6. The number of methoxy groups -OCH3 is 1. The molecule has 176 valence electrons. The highest BCUT2D eigenvalue weighted by Crippen LogP contribution is 2.44. The van der Waals surface area contributed by atoms with Crippen LogP contribution in [0.5, 0.6) is 0 Å². The number of carbonyl (C=O) groups is 2. The van der Waals surface area contributed by atoms with Crippen LogP contribution in [-0.4, -0.2) is 66.3 Å². The molecule has 0 N–H and O–H groups in total. The molecule has 6 nitrogen and oxygen atoms in total. The maximum atomic E-state index is 13.2. The minimum absolute atomic E-state index is 0.166. The molecule has 1 aliphatic carbocycles. The van der Waals surface area contributed by atoms with Crippen LogP contribution in [0.25, 0.3) is 6.08 Å². The molecule has 1 heterocycles.